The lowest BCUT2D eigenvalue weighted by Crippen LogP contribution is -2.70. The highest BCUT2D eigenvalue weighted by molar-refractivity contribution is 5.90. The molecule has 536 valence electrons. The molecule has 0 aromatic heterocycles. The number of unbranched alkanes of at least 4 members (excludes halogenated alkanes) is 5. The van der Waals surface area contributed by atoms with Gasteiger partial charge in [-0.05, 0) is 78.4 Å². The van der Waals surface area contributed by atoms with Gasteiger partial charge in [0.25, 0.3) is 0 Å². The maximum absolute atomic E-state index is 14.9. The van der Waals surface area contributed by atoms with E-state index in [0.29, 0.717) is 30.6 Å². The van der Waals surface area contributed by atoms with Gasteiger partial charge in [-0.1, -0.05) is 196 Å². The zero-order valence-electron chi connectivity index (χ0n) is 57.4. The number of hydrogen-bond acceptors (Lipinski definition) is 20. The molecule has 0 saturated carbocycles. The molecule has 4 aliphatic heterocycles. The van der Waals surface area contributed by atoms with E-state index in [4.69, 9.17) is 75.8 Å². The van der Waals surface area contributed by atoms with E-state index in [-0.39, 0.29) is 63.3 Å². The summed E-state index contributed by atoms with van der Waals surface area (Å²) in [6, 6.07) is 61.5. The largest absolute Gasteiger partial charge is 0.497 e. The lowest BCUT2D eigenvalue weighted by atomic mass is 9.93. The SMILES string of the molecule is COC(=O)CCCCCCCCO[C@@H]1O[C@H](COCc2ccccc2)[C@@H](O[C@@H]2O[C@@H]3COC(c4ccccc4)O[C@@H]3[C@H](OC(=O)c3ccccc3)[C@H]2OC(=O)c2ccccc2)[C@H](O[C@@H]2O[C@@H](C)[C@@H](OCc3ccc(OC)cc3)[C@@H](OCc3ccccc3)[C@@H]2OCc2ccccc2)[C@H]1NC(C)=O. The van der Waals surface area contributed by atoms with E-state index in [0.717, 1.165) is 47.9 Å². The van der Waals surface area contributed by atoms with E-state index in [2.05, 4.69) is 5.32 Å². The van der Waals surface area contributed by atoms with Crippen LogP contribution >= 0.6 is 0 Å². The van der Waals surface area contributed by atoms with E-state index >= 15 is 0 Å². The Morgan fingerprint density at radius 1 is 0.465 bits per heavy atom. The predicted octanol–water partition coefficient (Wildman–Crippen LogP) is 11.9. The summed E-state index contributed by atoms with van der Waals surface area (Å²) in [6.07, 6.45) is -12.9. The fourth-order valence-corrected chi connectivity index (χ4v) is 12.8. The minimum absolute atomic E-state index is 0.0700. The monoisotopic (exact) mass is 1390 g/mol. The van der Waals surface area contributed by atoms with Crippen LogP contribution in [0.1, 0.15) is 114 Å². The van der Waals surface area contributed by atoms with Crippen molar-refractivity contribution in [3.05, 3.63) is 245 Å². The molecule has 0 spiro atoms. The van der Waals surface area contributed by atoms with Crippen molar-refractivity contribution in [3.63, 3.8) is 0 Å². The lowest BCUT2D eigenvalue weighted by molar-refractivity contribution is -0.393. The van der Waals surface area contributed by atoms with Gasteiger partial charge in [-0.2, -0.15) is 0 Å². The van der Waals surface area contributed by atoms with Crippen LogP contribution in [0.25, 0.3) is 0 Å². The second-order valence-electron chi connectivity index (χ2n) is 25.3. The predicted molar refractivity (Wildman–Crippen MR) is 368 cm³/mol. The normalized spacial score (nSPS) is 26.3. The number of ether oxygens (including phenoxy) is 16. The number of methoxy groups -OCH3 is 2. The molecule has 1 amide bonds. The van der Waals surface area contributed by atoms with Gasteiger partial charge < -0.3 is 81.1 Å². The van der Waals surface area contributed by atoms with E-state index < -0.39 is 116 Å². The van der Waals surface area contributed by atoms with Crippen molar-refractivity contribution in [2.24, 2.45) is 0 Å². The van der Waals surface area contributed by atoms with E-state index in [9.17, 15) is 19.2 Å². The maximum Gasteiger partial charge on any atom is 0.338 e. The molecule has 7 aromatic carbocycles. The van der Waals surface area contributed by atoms with Crippen LogP contribution < -0.4 is 10.1 Å². The number of benzene rings is 7. The summed E-state index contributed by atoms with van der Waals surface area (Å²) in [4.78, 5) is 55.5. The third-order valence-corrected chi connectivity index (χ3v) is 18.0. The summed E-state index contributed by atoms with van der Waals surface area (Å²) in [5, 5.41) is 3.14. The molecule has 1 N–H and O–H groups in total. The van der Waals surface area contributed by atoms with Crippen molar-refractivity contribution >= 4 is 23.8 Å². The Morgan fingerprint density at radius 2 is 0.970 bits per heavy atom. The molecule has 0 bridgehead atoms. The van der Waals surface area contributed by atoms with Crippen LogP contribution in [-0.4, -0.2) is 150 Å². The average molecular weight is 1390 g/mol. The fourth-order valence-electron chi connectivity index (χ4n) is 12.8. The summed E-state index contributed by atoms with van der Waals surface area (Å²) in [5.74, 6) is -1.57. The number of nitrogens with one attached hydrogen (secondary N) is 1. The lowest BCUT2D eigenvalue weighted by Gasteiger charge is -2.52. The van der Waals surface area contributed by atoms with Crippen LogP contribution in [0.4, 0.5) is 0 Å². The third-order valence-electron chi connectivity index (χ3n) is 18.0. The van der Waals surface area contributed by atoms with Gasteiger partial charge in [-0.15, -0.1) is 0 Å². The molecule has 101 heavy (non-hydrogen) atoms. The summed E-state index contributed by atoms with van der Waals surface area (Å²) in [5.41, 5.74) is 4.52. The first-order valence-corrected chi connectivity index (χ1v) is 34.7. The molecule has 4 heterocycles. The van der Waals surface area contributed by atoms with Crippen LogP contribution in [0.2, 0.25) is 0 Å². The molecule has 11 rings (SSSR count). The Morgan fingerprint density at radius 3 is 1.55 bits per heavy atom. The number of esters is 3. The van der Waals surface area contributed by atoms with Crippen LogP contribution in [0.3, 0.4) is 0 Å². The average Bonchev–Trinajstić information content (AvgIpc) is 0.764. The van der Waals surface area contributed by atoms with Gasteiger partial charge in [0.15, 0.2) is 37.4 Å². The molecule has 4 fully saturated rings. The van der Waals surface area contributed by atoms with Crippen molar-refractivity contribution in [2.45, 2.75) is 184 Å². The summed E-state index contributed by atoms with van der Waals surface area (Å²) < 4.78 is 108. The fraction of sp³-hybridized carbons (Fsp3) is 0.425. The van der Waals surface area contributed by atoms with Gasteiger partial charge in [-0.3, -0.25) is 9.59 Å². The molecule has 1 unspecified atom stereocenters. The highest BCUT2D eigenvalue weighted by atomic mass is 16.8. The van der Waals surface area contributed by atoms with Crippen molar-refractivity contribution in [3.8, 4) is 5.75 Å². The number of hydrogen-bond donors (Lipinski definition) is 1. The smallest absolute Gasteiger partial charge is 0.338 e. The van der Waals surface area contributed by atoms with Crippen LogP contribution in [0, 0.1) is 0 Å². The zero-order valence-corrected chi connectivity index (χ0v) is 57.4. The number of amides is 1. The standard InChI is InChI=1S/C80H91NO20/c1-53-67(90-50-58-42-44-62(86-3)45-43-58)71(91-48-56-31-17-10-18-32-56)73(92-49-57-33-19-11-20-34-57)79(94-53)101-70-66(81-54(2)82)78(89-46-28-8-6-5-7-27-41-65(83)87-4)95-63(51-88-47-55-29-15-9-16-30-55)68(70)100-80-74(98-76(85)60-37-23-13-24-38-60)72(97-75(84)59-35-21-12-22-36-59)69-64(96-80)52-93-77(99-69)61-39-25-14-26-40-61/h9-26,29-40,42-45,53,63-64,66-74,77-80H,5-8,27-28,41,46-52H2,1-4H3,(H,81,82)/t53-,63+,64+,66+,67+,68+,69-,70+,71+,72-,73-,74+,77?,78+,79-,80-/m0/s1. The first kappa shape index (κ1) is 73.9. The van der Waals surface area contributed by atoms with E-state index in [1.807, 2.05) is 153 Å². The second-order valence-corrected chi connectivity index (χ2v) is 25.3. The second kappa shape index (κ2) is 38.1. The molecule has 21 heteroatoms. The van der Waals surface area contributed by atoms with Gasteiger partial charge in [0.1, 0.15) is 60.6 Å². The van der Waals surface area contributed by atoms with Crippen molar-refractivity contribution in [1.29, 1.82) is 0 Å². The number of carbonyl (C=O) groups excluding carboxylic acids is 4. The molecule has 0 aliphatic carbocycles. The molecule has 0 radical (unpaired) electrons. The molecule has 21 nitrogen and oxygen atoms in total. The quantitative estimate of drug-likeness (QED) is 0.0225. The first-order valence-electron chi connectivity index (χ1n) is 34.7. The van der Waals surface area contributed by atoms with Crippen LogP contribution in [0.15, 0.2) is 206 Å². The maximum atomic E-state index is 14.9. The first-order chi connectivity index (χ1) is 49.5. The highest BCUT2D eigenvalue weighted by Gasteiger charge is 2.59. The molecule has 4 aliphatic rings. The van der Waals surface area contributed by atoms with Crippen molar-refractivity contribution in [1.82, 2.24) is 5.32 Å². The van der Waals surface area contributed by atoms with Gasteiger partial charge >= 0.3 is 17.9 Å². The summed E-state index contributed by atoms with van der Waals surface area (Å²) >= 11 is 0. The highest BCUT2D eigenvalue weighted by Crippen LogP contribution is 2.41. The van der Waals surface area contributed by atoms with Crippen LogP contribution in [-0.2, 0) is 107 Å². The molecule has 7 aromatic rings. The Kier molecular flexibility index (Phi) is 27.9. The minimum atomic E-state index is -1.66. The molecule has 16 atom stereocenters. The van der Waals surface area contributed by atoms with Gasteiger partial charge in [0.05, 0.1) is 71.1 Å². The van der Waals surface area contributed by atoms with Gasteiger partial charge in [-0.25, -0.2) is 9.59 Å². The summed E-state index contributed by atoms with van der Waals surface area (Å²) in [7, 11) is 3.00. The summed E-state index contributed by atoms with van der Waals surface area (Å²) in [6.45, 7) is 3.66. The molecule has 4 saturated heterocycles. The molecular weight excluding hydrogens is 1290 g/mol. The Hall–Kier alpha value is -8.26. The number of rotatable bonds is 34. The Bertz CT molecular complexity index is 3600. The number of fused-ring (bicyclic) bond motifs is 1. The minimum Gasteiger partial charge on any atom is -0.497 e. The van der Waals surface area contributed by atoms with Gasteiger partial charge in [0, 0.05) is 25.5 Å². The Balaban J connectivity index is 1.01. The van der Waals surface area contributed by atoms with Crippen LogP contribution in [0.5, 0.6) is 5.75 Å². The third kappa shape index (κ3) is 21.0. The number of carbonyl (C=O) groups is 4. The Labute approximate surface area is 590 Å². The van der Waals surface area contributed by atoms with E-state index in [1.54, 1.807) is 67.8 Å². The van der Waals surface area contributed by atoms with Gasteiger partial charge in [0.2, 0.25) is 5.91 Å². The zero-order chi connectivity index (χ0) is 70.1. The van der Waals surface area contributed by atoms with Crippen molar-refractivity contribution in [2.75, 3.05) is 34.0 Å². The van der Waals surface area contributed by atoms with Crippen molar-refractivity contribution < 1.29 is 95.0 Å². The molecular formula is C80H91NO20. The van der Waals surface area contributed by atoms with E-state index in [1.165, 1.54) is 14.0 Å². The topological polar surface area (TPSA) is 228 Å².